The number of rotatable bonds is 2. The van der Waals surface area contributed by atoms with Crippen LogP contribution < -0.4 is 5.32 Å². The lowest BCUT2D eigenvalue weighted by atomic mass is 10.0. The number of hydrogen-bond donors (Lipinski definition) is 1. The first-order chi connectivity index (χ1) is 7.86. The molecule has 2 aromatic carbocycles. The summed E-state index contributed by atoms with van der Waals surface area (Å²) in [7, 11) is 1.98. The van der Waals surface area contributed by atoms with Gasteiger partial charge in [-0.05, 0) is 28.8 Å². The van der Waals surface area contributed by atoms with Gasteiger partial charge in [0.05, 0.1) is 0 Å². The second-order valence-electron chi connectivity index (χ2n) is 3.42. The lowest BCUT2D eigenvalue weighted by Gasteiger charge is -2.10. The number of hydrogen-bond acceptors (Lipinski definition) is 1. The van der Waals surface area contributed by atoms with E-state index in [2.05, 4.69) is 48.6 Å². The third kappa shape index (κ3) is 2.35. The molecule has 0 fully saturated rings. The standard InChI is InChI=1S/C13H15N.C2H6/c1-3-11-12-7-5-4-6-10(12)8-9-13(11)14-2;1-2/h4-9,14H,3H2,1-2H3;1-2H3. The Morgan fingerprint density at radius 3 is 2.31 bits per heavy atom. The monoisotopic (exact) mass is 215 g/mol. The van der Waals surface area contributed by atoms with E-state index >= 15 is 0 Å². The summed E-state index contributed by atoms with van der Waals surface area (Å²) in [6.07, 6.45) is 1.07. The molecular formula is C15H21N. The van der Waals surface area contributed by atoms with Crippen LogP contribution in [0.2, 0.25) is 0 Å². The van der Waals surface area contributed by atoms with Gasteiger partial charge in [0, 0.05) is 12.7 Å². The summed E-state index contributed by atoms with van der Waals surface area (Å²) in [6.45, 7) is 6.20. The highest BCUT2D eigenvalue weighted by Gasteiger charge is 2.03. The summed E-state index contributed by atoms with van der Waals surface area (Å²) in [5.74, 6) is 0. The lowest BCUT2D eigenvalue weighted by Crippen LogP contribution is -1.94. The Balaban J connectivity index is 0.000000606. The van der Waals surface area contributed by atoms with Gasteiger partial charge in [-0.2, -0.15) is 0 Å². The Labute approximate surface area is 98.5 Å². The van der Waals surface area contributed by atoms with Gasteiger partial charge in [0.25, 0.3) is 0 Å². The summed E-state index contributed by atoms with van der Waals surface area (Å²) in [5.41, 5.74) is 2.65. The highest BCUT2D eigenvalue weighted by atomic mass is 14.8. The molecule has 0 amide bonds. The van der Waals surface area contributed by atoms with Crippen molar-refractivity contribution >= 4 is 16.5 Å². The highest BCUT2D eigenvalue weighted by molar-refractivity contribution is 5.90. The second-order valence-corrected chi connectivity index (χ2v) is 3.42. The molecule has 0 bridgehead atoms. The zero-order chi connectivity index (χ0) is 12.0. The van der Waals surface area contributed by atoms with Gasteiger partial charge in [0.1, 0.15) is 0 Å². The van der Waals surface area contributed by atoms with Gasteiger partial charge in [-0.25, -0.2) is 0 Å². The van der Waals surface area contributed by atoms with Crippen LogP contribution in [0.25, 0.3) is 10.8 Å². The third-order valence-electron chi connectivity index (χ3n) is 2.66. The maximum absolute atomic E-state index is 3.24. The van der Waals surface area contributed by atoms with Crippen LogP contribution in [-0.4, -0.2) is 7.05 Å². The fourth-order valence-electron chi connectivity index (χ4n) is 1.95. The van der Waals surface area contributed by atoms with Crippen LogP contribution in [-0.2, 0) is 6.42 Å². The SMILES string of the molecule is CC.CCc1c(NC)ccc2ccccc12. The van der Waals surface area contributed by atoms with E-state index in [-0.39, 0.29) is 0 Å². The molecule has 2 aromatic rings. The molecule has 1 N–H and O–H groups in total. The smallest absolute Gasteiger partial charge is 0.0376 e. The van der Waals surface area contributed by atoms with Crippen molar-refractivity contribution in [1.82, 2.24) is 0 Å². The van der Waals surface area contributed by atoms with E-state index in [4.69, 9.17) is 0 Å². The van der Waals surface area contributed by atoms with Crippen molar-refractivity contribution in [3.05, 3.63) is 42.0 Å². The van der Waals surface area contributed by atoms with Crippen LogP contribution in [0.15, 0.2) is 36.4 Å². The molecule has 0 aromatic heterocycles. The van der Waals surface area contributed by atoms with Crippen LogP contribution in [0.4, 0.5) is 5.69 Å². The zero-order valence-corrected chi connectivity index (χ0v) is 10.7. The number of anilines is 1. The normalized spacial score (nSPS) is 9.50. The Morgan fingerprint density at radius 2 is 1.69 bits per heavy atom. The van der Waals surface area contributed by atoms with Crippen LogP contribution >= 0.6 is 0 Å². The maximum atomic E-state index is 3.24. The molecule has 0 aliphatic carbocycles. The van der Waals surface area contributed by atoms with Crippen molar-refractivity contribution in [2.45, 2.75) is 27.2 Å². The van der Waals surface area contributed by atoms with Gasteiger partial charge in [-0.3, -0.25) is 0 Å². The summed E-state index contributed by atoms with van der Waals surface area (Å²) >= 11 is 0. The minimum absolute atomic E-state index is 1.07. The number of fused-ring (bicyclic) bond motifs is 1. The highest BCUT2D eigenvalue weighted by Crippen LogP contribution is 2.26. The van der Waals surface area contributed by atoms with E-state index in [1.807, 2.05) is 20.9 Å². The van der Waals surface area contributed by atoms with Crippen LogP contribution in [0, 0.1) is 0 Å². The van der Waals surface area contributed by atoms with Gasteiger partial charge in [0.2, 0.25) is 0 Å². The predicted molar refractivity (Wildman–Crippen MR) is 74.2 cm³/mol. The average Bonchev–Trinajstić information content (AvgIpc) is 2.39. The predicted octanol–water partition coefficient (Wildman–Crippen LogP) is 4.47. The van der Waals surface area contributed by atoms with Crippen LogP contribution in [0.5, 0.6) is 0 Å². The van der Waals surface area contributed by atoms with Crippen molar-refractivity contribution in [3.63, 3.8) is 0 Å². The molecule has 86 valence electrons. The van der Waals surface area contributed by atoms with Crippen molar-refractivity contribution in [2.24, 2.45) is 0 Å². The molecule has 16 heavy (non-hydrogen) atoms. The van der Waals surface area contributed by atoms with E-state index in [1.54, 1.807) is 0 Å². The van der Waals surface area contributed by atoms with Crippen molar-refractivity contribution in [3.8, 4) is 0 Å². The summed E-state index contributed by atoms with van der Waals surface area (Å²) in [6, 6.07) is 12.9. The first kappa shape index (κ1) is 12.6. The second kappa shape index (κ2) is 6.16. The molecule has 0 saturated heterocycles. The van der Waals surface area contributed by atoms with Gasteiger partial charge in [-0.1, -0.05) is 51.1 Å². The van der Waals surface area contributed by atoms with Gasteiger partial charge in [0.15, 0.2) is 0 Å². The zero-order valence-electron chi connectivity index (χ0n) is 10.7. The topological polar surface area (TPSA) is 12.0 Å². The molecule has 0 heterocycles. The molecule has 0 aliphatic rings. The van der Waals surface area contributed by atoms with Gasteiger partial charge in [-0.15, -0.1) is 0 Å². The molecule has 0 aliphatic heterocycles. The van der Waals surface area contributed by atoms with Gasteiger partial charge >= 0.3 is 0 Å². The first-order valence-corrected chi connectivity index (χ1v) is 6.05. The van der Waals surface area contributed by atoms with Crippen molar-refractivity contribution in [2.75, 3.05) is 12.4 Å². The van der Waals surface area contributed by atoms with E-state index in [1.165, 1.54) is 22.0 Å². The van der Waals surface area contributed by atoms with Crippen molar-refractivity contribution < 1.29 is 0 Å². The van der Waals surface area contributed by atoms with E-state index in [0.717, 1.165) is 6.42 Å². The Kier molecular flexibility index (Phi) is 4.84. The molecule has 0 unspecified atom stereocenters. The minimum Gasteiger partial charge on any atom is -0.388 e. The first-order valence-electron chi connectivity index (χ1n) is 6.05. The Hall–Kier alpha value is -1.50. The Morgan fingerprint density at radius 1 is 1.00 bits per heavy atom. The van der Waals surface area contributed by atoms with E-state index < -0.39 is 0 Å². The van der Waals surface area contributed by atoms with Crippen LogP contribution in [0.3, 0.4) is 0 Å². The molecule has 0 atom stereocenters. The number of benzene rings is 2. The summed E-state index contributed by atoms with van der Waals surface area (Å²) in [5, 5.41) is 5.92. The maximum Gasteiger partial charge on any atom is 0.0376 e. The number of aryl methyl sites for hydroxylation is 1. The average molecular weight is 215 g/mol. The fourth-order valence-corrected chi connectivity index (χ4v) is 1.95. The molecule has 0 spiro atoms. The lowest BCUT2D eigenvalue weighted by molar-refractivity contribution is 1.16. The molecule has 2 rings (SSSR count). The van der Waals surface area contributed by atoms with Gasteiger partial charge < -0.3 is 5.32 Å². The quantitative estimate of drug-likeness (QED) is 0.779. The molecular weight excluding hydrogens is 194 g/mol. The van der Waals surface area contributed by atoms with E-state index in [9.17, 15) is 0 Å². The molecule has 0 radical (unpaired) electrons. The molecule has 1 nitrogen and oxygen atoms in total. The van der Waals surface area contributed by atoms with Crippen molar-refractivity contribution in [1.29, 1.82) is 0 Å². The summed E-state index contributed by atoms with van der Waals surface area (Å²) < 4.78 is 0. The molecule has 0 saturated carbocycles. The largest absolute Gasteiger partial charge is 0.388 e. The number of nitrogens with one attached hydrogen (secondary N) is 1. The van der Waals surface area contributed by atoms with Crippen LogP contribution in [0.1, 0.15) is 26.3 Å². The third-order valence-corrected chi connectivity index (χ3v) is 2.66. The van der Waals surface area contributed by atoms with E-state index in [0.29, 0.717) is 0 Å². The molecule has 1 heteroatoms. The summed E-state index contributed by atoms with van der Waals surface area (Å²) in [4.78, 5) is 0. The Bertz CT molecular complexity index is 446. The minimum atomic E-state index is 1.07. The fraction of sp³-hybridized carbons (Fsp3) is 0.333.